The van der Waals surface area contributed by atoms with Crippen LogP contribution in [0.4, 0.5) is 0 Å². The van der Waals surface area contributed by atoms with Gasteiger partial charge in [0.1, 0.15) is 0 Å². The number of aliphatic carboxylic acids is 1. The van der Waals surface area contributed by atoms with E-state index in [0.717, 1.165) is 12.0 Å². The minimum Gasteiger partial charge on any atom is -0.481 e. The Balaban J connectivity index is 2.82. The van der Waals surface area contributed by atoms with Crippen molar-refractivity contribution in [3.05, 3.63) is 35.9 Å². The molecular formula is C11H13O2. The zero-order valence-electron chi connectivity index (χ0n) is 7.66. The van der Waals surface area contributed by atoms with Crippen LogP contribution in [-0.4, -0.2) is 11.1 Å². The molecule has 1 aromatic carbocycles. The Labute approximate surface area is 78.2 Å². The molecule has 0 aliphatic heterocycles. The number of rotatable bonds is 4. The molecule has 0 saturated heterocycles. The molecule has 0 bridgehead atoms. The van der Waals surface area contributed by atoms with Crippen molar-refractivity contribution in [2.24, 2.45) is 0 Å². The van der Waals surface area contributed by atoms with Crippen molar-refractivity contribution >= 4 is 5.97 Å². The summed E-state index contributed by atoms with van der Waals surface area (Å²) < 4.78 is 0. The van der Waals surface area contributed by atoms with Crippen LogP contribution in [-0.2, 0) is 4.79 Å². The standard InChI is InChI=1S/C11H13O2/c1-2-6-10(11(12)13)9-7-4-3-5-8-9/h3-5,7,10H,2,6H2,1H3,(H,12,13). The lowest BCUT2D eigenvalue weighted by molar-refractivity contribution is -0.139. The molecule has 0 aliphatic carbocycles. The van der Waals surface area contributed by atoms with Crippen LogP contribution < -0.4 is 0 Å². The van der Waals surface area contributed by atoms with Crippen molar-refractivity contribution in [2.75, 3.05) is 0 Å². The van der Waals surface area contributed by atoms with Gasteiger partial charge >= 0.3 is 5.97 Å². The molecule has 0 saturated carbocycles. The zero-order chi connectivity index (χ0) is 9.68. The number of carboxylic acids is 1. The van der Waals surface area contributed by atoms with Crippen LogP contribution >= 0.6 is 0 Å². The molecule has 1 radical (unpaired) electrons. The van der Waals surface area contributed by atoms with Gasteiger partial charge in [-0.15, -0.1) is 0 Å². The van der Waals surface area contributed by atoms with Crippen molar-refractivity contribution in [3.8, 4) is 0 Å². The van der Waals surface area contributed by atoms with Crippen molar-refractivity contribution in [2.45, 2.75) is 25.7 Å². The molecule has 0 heterocycles. The van der Waals surface area contributed by atoms with E-state index in [0.29, 0.717) is 6.42 Å². The fraction of sp³-hybridized carbons (Fsp3) is 0.364. The normalized spacial score (nSPS) is 12.4. The van der Waals surface area contributed by atoms with E-state index in [-0.39, 0.29) is 0 Å². The fourth-order valence-corrected chi connectivity index (χ4v) is 1.32. The van der Waals surface area contributed by atoms with Gasteiger partial charge in [-0.25, -0.2) is 0 Å². The lowest BCUT2D eigenvalue weighted by atomic mass is 9.95. The summed E-state index contributed by atoms with van der Waals surface area (Å²) in [5.74, 6) is -1.16. The van der Waals surface area contributed by atoms with Crippen molar-refractivity contribution < 1.29 is 9.90 Å². The molecule has 2 heteroatoms. The quantitative estimate of drug-likeness (QED) is 0.767. The molecule has 0 fully saturated rings. The van der Waals surface area contributed by atoms with Gasteiger partial charge in [0, 0.05) is 0 Å². The minimum atomic E-state index is -0.760. The summed E-state index contributed by atoms with van der Waals surface area (Å²) in [6.45, 7) is 1.98. The van der Waals surface area contributed by atoms with Gasteiger partial charge in [0.2, 0.25) is 0 Å². The molecule has 13 heavy (non-hydrogen) atoms. The van der Waals surface area contributed by atoms with Gasteiger partial charge in [-0.3, -0.25) is 4.79 Å². The highest BCUT2D eigenvalue weighted by atomic mass is 16.4. The Bertz CT molecular complexity index is 267. The second kappa shape index (κ2) is 4.65. The zero-order valence-corrected chi connectivity index (χ0v) is 7.66. The van der Waals surface area contributed by atoms with Gasteiger partial charge in [0.05, 0.1) is 5.92 Å². The Morgan fingerprint density at radius 3 is 2.85 bits per heavy atom. The Kier molecular flexibility index (Phi) is 3.50. The van der Waals surface area contributed by atoms with E-state index in [1.807, 2.05) is 25.1 Å². The van der Waals surface area contributed by atoms with Crippen LogP contribution in [0.5, 0.6) is 0 Å². The molecule has 0 spiro atoms. The lowest BCUT2D eigenvalue weighted by Crippen LogP contribution is -2.11. The third kappa shape index (κ3) is 2.58. The summed E-state index contributed by atoms with van der Waals surface area (Å²) >= 11 is 0. The topological polar surface area (TPSA) is 37.3 Å². The number of hydrogen-bond acceptors (Lipinski definition) is 1. The van der Waals surface area contributed by atoms with Crippen LogP contribution in [0.25, 0.3) is 0 Å². The largest absolute Gasteiger partial charge is 0.481 e. The van der Waals surface area contributed by atoms with Gasteiger partial charge in [-0.05, 0) is 18.1 Å². The maximum Gasteiger partial charge on any atom is 0.310 e. The molecule has 1 aromatic rings. The van der Waals surface area contributed by atoms with E-state index >= 15 is 0 Å². The predicted molar refractivity (Wildman–Crippen MR) is 50.6 cm³/mol. The Hall–Kier alpha value is -1.31. The lowest BCUT2D eigenvalue weighted by Gasteiger charge is -2.10. The third-order valence-corrected chi connectivity index (χ3v) is 1.98. The first-order valence-corrected chi connectivity index (χ1v) is 4.45. The van der Waals surface area contributed by atoms with Crippen molar-refractivity contribution in [1.29, 1.82) is 0 Å². The number of benzene rings is 1. The minimum absolute atomic E-state index is 0.397. The van der Waals surface area contributed by atoms with E-state index in [4.69, 9.17) is 5.11 Å². The van der Waals surface area contributed by atoms with Crippen LogP contribution in [0.15, 0.2) is 24.3 Å². The highest BCUT2D eigenvalue weighted by Gasteiger charge is 2.17. The predicted octanol–water partition coefficient (Wildman–Crippen LogP) is 2.46. The Morgan fingerprint density at radius 1 is 1.62 bits per heavy atom. The van der Waals surface area contributed by atoms with Crippen LogP contribution in [0.1, 0.15) is 31.2 Å². The summed E-state index contributed by atoms with van der Waals surface area (Å²) in [6.07, 6.45) is 1.55. The molecule has 69 valence electrons. The monoisotopic (exact) mass is 177 g/mol. The number of carboxylic acid groups (broad SMARTS) is 1. The molecule has 0 aliphatic rings. The first kappa shape index (κ1) is 9.78. The summed E-state index contributed by atoms with van der Waals surface area (Å²) in [4.78, 5) is 10.9. The first-order valence-electron chi connectivity index (χ1n) is 4.45. The third-order valence-electron chi connectivity index (χ3n) is 1.98. The summed E-state index contributed by atoms with van der Waals surface area (Å²) in [5.41, 5.74) is 0.775. The average Bonchev–Trinajstić information content (AvgIpc) is 2.15. The fourth-order valence-electron chi connectivity index (χ4n) is 1.32. The SMILES string of the molecule is CCCC(C(=O)O)c1[c]cccc1. The molecule has 0 aromatic heterocycles. The smallest absolute Gasteiger partial charge is 0.310 e. The summed E-state index contributed by atoms with van der Waals surface area (Å²) in [6, 6.07) is 10.2. The highest BCUT2D eigenvalue weighted by Crippen LogP contribution is 2.20. The van der Waals surface area contributed by atoms with Crippen LogP contribution in [0.3, 0.4) is 0 Å². The number of hydrogen-bond donors (Lipinski definition) is 1. The molecular weight excluding hydrogens is 164 g/mol. The first-order chi connectivity index (χ1) is 6.25. The van der Waals surface area contributed by atoms with E-state index in [2.05, 4.69) is 6.07 Å². The molecule has 1 unspecified atom stereocenters. The summed E-state index contributed by atoms with van der Waals surface area (Å²) in [7, 11) is 0. The Morgan fingerprint density at radius 2 is 2.38 bits per heavy atom. The second-order valence-electron chi connectivity index (χ2n) is 3.00. The average molecular weight is 177 g/mol. The number of carbonyl (C=O) groups is 1. The van der Waals surface area contributed by atoms with Crippen LogP contribution in [0.2, 0.25) is 0 Å². The molecule has 1 atom stereocenters. The van der Waals surface area contributed by atoms with E-state index in [1.54, 1.807) is 6.07 Å². The maximum atomic E-state index is 10.9. The van der Waals surface area contributed by atoms with E-state index in [9.17, 15) is 4.79 Å². The maximum absolute atomic E-state index is 10.9. The van der Waals surface area contributed by atoms with Gasteiger partial charge in [-0.2, -0.15) is 0 Å². The molecule has 1 N–H and O–H groups in total. The molecule has 1 rings (SSSR count). The van der Waals surface area contributed by atoms with Gasteiger partial charge in [0.15, 0.2) is 0 Å². The van der Waals surface area contributed by atoms with E-state index in [1.165, 1.54) is 0 Å². The van der Waals surface area contributed by atoms with Crippen LogP contribution in [0, 0.1) is 6.07 Å². The van der Waals surface area contributed by atoms with Crippen molar-refractivity contribution in [3.63, 3.8) is 0 Å². The molecule has 0 amide bonds. The summed E-state index contributed by atoms with van der Waals surface area (Å²) in [5, 5.41) is 8.94. The molecule has 2 nitrogen and oxygen atoms in total. The van der Waals surface area contributed by atoms with E-state index < -0.39 is 11.9 Å². The van der Waals surface area contributed by atoms with Gasteiger partial charge in [-0.1, -0.05) is 37.6 Å². The second-order valence-corrected chi connectivity index (χ2v) is 3.00. The highest BCUT2D eigenvalue weighted by molar-refractivity contribution is 5.75. The van der Waals surface area contributed by atoms with Gasteiger partial charge in [0.25, 0.3) is 0 Å². The van der Waals surface area contributed by atoms with Crippen molar-refractivity contribution in [1.82, 2.24) is 0 Å². The van der Waals surface area contributed by atoms with Gasteiger partial charge < -0.3 is 5.11 Å².